The number of benzene rings is 1. The van der Waals surface area contributed by atoms with Crippen LogP contribution in [0.1, 0.15) is 43.3 Å². The lowest BCUT2D eigenvalue weighted by Crippen LogP contribution is -2.43. The summed E-state index contributed by atoms with van der Waals surface area (Å²) in [6.07, 6.45) is -1.39. The predicted octanol–water partition coefficient (Wildman–Crippen LogP) is 1.88. The van der Waals surface area contributed by atoms with E-state index in [1.54, 1.807) is 56.5 Å². The number of carbonyl (C=O) groups is 4. The molecule has 3 amide bonds. The number of nitrogens with one attached hydrogen (secondary N) is 3. The zero-order chi connectivity index (χ0) is 28.5. The quantitative estimate of drug-likeness (QED) is 0.130. The normalized spacial score (nSPS) is 13.1. The van der Waals surface area contributed by atoms with E-state index in [-0.39, 0.29) is 23.4 Å². The maximum absolute atomic E-state index is 12.9. The van der Waals surface area contributed by atoms with E-state index in [2.05, 4.69) is 20.3 Å². The third-order valence-corrected chi connectivity index (χ3v) is 6.61. The summed E-state index contributed by atoms with van der Waals surface area (Å²) in [4.78, 5) is 53.1. The summed E-state index contributed by atoms with van der Waals surface area (Å²) in [7, 11) is -0.611. The number of anilines is 2. The minimum atomic E-state index is -1.75. The number of nitrogens with two attached hydrogens (primary N) is 2. The van der Waals surface area contributed by atoms with E-state index in [0.29, 0.717) is 10.6 Å². The third-order valence-electron chi connectivity index (χ3n) is 4.52. The highest BCUT2D eigenvalue weighted by Gasteiger charge is 2.26. The van der Waals surface area contributed by atoms with Crippen LogP contribution in [0, 0.1) is 0 Å². The van der Waals surface area contributed by atoms with Gasteiger partial charge in [-0.2, -0.15) is 0 Å². The van der Waals surface area contributed by atoms with Gasteiger partial charge in [-0.1, -0.05) is 12.1 Å². The predicted molar refractivity (Wildman–Crippen MR) is 144 cm³/mol. The Labute approximate surface area is 225 Å². The number of thiophene rings is 1. The van der Waals surface area contributed by atoms with Crippen LogP contribution in [0.2, 0.25) is 0 Å². The van der Waals surface area contributed by atoms with Gasteiger partial charge in [0.1, 0.15) is 16.5 Å². The zero-order valence-electron chi connectivity index (χ0n) is 21.2. The second kappa shape index (κ2) is 13.5. The van der Waals surface area contributed by atoms with Crippen molar-refractivity contribution in [2.24, 2.45) is 10.7 Å². The monoisotopic (exact) mass is 566 g/mol. The number of amides is 3. The van der Waals surface area contributed by atoms with E-state index in [1.165, 1.54) is 0 Å². The van der Waals surface area contributed by atoms with Crippen LogP contribution in [0.4, 0.5) is 16.2 Å². The molecule has 7 N–H and O–H groups in total. The number of nitrogen functional groups attached to an aromatic ring is 1. The highest BCUT2D eigenvalue weighted by Crippen LogP contribution is 2.25. The number of para-hydroxylation sites is 1. The SMILES string of the molecule is COC(=O)[C@H](CCC(=O)NC(N)=NC(=O)OC(C)(C)C)NC(=O)c1sccc1NS(=O)c1ccccc1N. The molecule has 0 radical (unpaired) electrons. The number of carbonyl (C=O) groups excluding carboxylic acids is 4. The van der Waals surface area contributed by atoms with E-state index in [0.717, 1.165) is 18.4 Å². The molecule has 0 saturated heterocycles. The van der Waals surface area contributed by atoms with Gasteiger partial charge in [-0.25, -0.2) is 13.8 Å². The van der Waals surface area contributed by atoms with E-state index >= 15 is 0 Å². The first-order valence-corrected chi connectivity index (χ1v) is 13.2. The van der Waals surface area contributed by atoms with E-state index in [4.69, 9.17) is 20.9 Å². The topological polar surface area (TPSA) is 204 Å². The van der Waals surface area contributed by atoms with Gasteiger partial charge in [0, 0.05) is 12.1 Å². The first-order chi connectivity index (χ1) is 17.8. The molecule has 2 rings (SSSR count). The van der Waals surface area contributed by atoms with Crippen molar-refractivity contribution in [3.8, 4) is 0 Å². The number of nitrogens with zero attached hydrogens (tertiary/aromatic N) is 1. The van der Waals surface area contributed by atoms with Crippen molar-refractivity contribution in [1.82, 2.24) is 10.6 Å². The number of esters is 1. The molecule has 2 atom stereocenters. The van der Waals surface area contributed by atoms with Crippen LogP contribution in [0.15, 0.2) is 45.6 Å². The maximum atomic E-state index is 12.9. The molecule has 1 aromatic carbocycles. The molecular formula is C23H30N6O7S2. The van der Waals surface area contributed by atoms with Crippen LogP contribution in [0.25, 0.3) is 0 Å². The van der Waals surface area contributed by atoms with Crippen molar-refractivity contribution in [2.75, 3.05) is 17.6 Å². The number of aliphatic imine (C=N–C) groups is 1. The lowest BCUT2D eigenvalue weighted by Gasteiger charge is -2.17. The smallest absolute Gasteiger partial charge is 0.437 e. The second-order valence-electron chi connectivity index (χ2n) is 8.69. The zero-order valence-corrected chi connectivity index (χ0v) is 22.9. The van der Waals surface area contributed by atoms with Crippen molar-refractivity contribution in [1.29, 1.82) is 0 Å². The summed E-state index contributed by atoms with van der Waals surface area (Å²) in [5, 5.41) is 6.34. The van der Waals surface area contributed by atoms with Crippen LogP contribution >= 0.6 is 11.3 Å². The number of methoxy groups -OCH3 is 1. The van der Waals surface area contributed by atoms with Crippen molar-refractivity contribution in [2.45, 2.75) is 50.2 Å². The van der Waals surface area contributed by atoms with E-state index in [9.17, 15) is 23.4 Å². The van der Waals surface area contributed by atoms with E-state index < -0.39 is 52.5 Å². The van der Waals surface area contributed by atoms with Crippen LogP contribution in [-0.2, 0) is 30.0 Å². The molecular weight excluding hydrogens is 536 g/mol. The van der Waals surface area contributed by atoms with Crippen molar-refractivity contribution >= 4 is 63.5 Å². The summed E-state index contributed by atoms with van der Waals surface area (Å²) in [5.41, 5.74) is 11.2. The molecule has 2 aromatic rings. The van der Waals surface area contributed by atoms with Gasteiger partial charge in [-0.05, 0) is 50.8 Å². The Morgan fingerprint density at radius 3 is 2.47 bits per heavy atom. The van der Waals surface area contributed by atoms with Crippen LogP contribution in [0.5, 0.6) is 0 Å². The van der Waals surface area contributed by atoms with Crippen molar-refractivity contribution in [3.63, 3.8) is 0 Å². The summed E-state index contributed by atoms with van der Waals surface area (Å²) in [6.45, 7) is 4.93. The second-order valence-corrected chi connectivity index (χ2v) is 10.8. The molecule has 0 bridgehead atoms. The number of guanidine groups is 1. The van der Waals surface area contributed by atoms with Gasteiger partial charge in [0.2, 0.25) is 11.9 Å². The molecule has 13 nitrogen and oxygen atoms in total. The third kappa shape index (κ3) is 9.48. The molecule has 1 unspecified atom stereocenters. The molecule has 0 saturated carbocycles. The Morgan fingerprint density at radius 2 is 1.84 bits per heavy atom. The number of rotatable bonds is 9. The minimum Gasteiger partial charge on any atom is -0.467 e. The Kier molecular flexibility index (Phi) is 10.8. The average molecular weight is 567 g/mol. The Morgan fingerprint density at radius 1 is 1.16 bits per heavy atom. The molecule has 0 aliphatic heterocycles. The van der Waals surface area contributed by atoms with Gasteiger partial charge in [0.15, 0.2) is 11.0 Å². The van der Waals surface area contributed by atoms with Crippen LogP contribution in [0.3, 0.4) is 0 Å². The number of ether oxygens (including phenoxy) is 2. The summed E-state index contributed by atoms with van der Waals surface area (Å²) < 4.78 is 25.2. The lowest BCUT2D eigenvalue weighted by atomic mass is 10.1. The lowest BCUT2D eigenvalue weighted by molar-refractivity contribution is -0.143. The molecule has 0 aliphatic carbocycles. The largest absolute Gasteiger partial charge is 0.467 e. The van der Waals surface area contributed by atoms with Gasteiger partial charge in [-0.3, -0.25) is 19.6 Å². The minimum absolute atomic E-state index is 0.148. The van der Waals surface area contributed by atoms with Gasteiger partial charge in [0.25, 0.3) is 5.91 Å². The molecule has 1 heterocycles. The first kappa shape index (κ1) is 30.2. The Bertz CT molecular complexity index is 1240. The molecule has 15 heteroatoms. The number of hydrogen-bond acceptors (Lipinski definition) is 9. The molecule has 1 aromatic heterocycles. The maximum Gasteiger partial charge on any atom is 0.437 e. The summed E-state index contributed by atoms with van der Waals surface area (Å²) >= 11 is 1.05. The average Bonchev–Trinajstić information content (AvgIpc) is 3.28. The molecule has 0 spiro atoms. The Hall–Kier alpha value is -3.98. The van der Waals surface area contributed by atoms with Crippen molar-refractivity contribution in [3.05, 3.63) is 40.6 Å². The fourth-order valence-electron chi connectivity index (χ4n) is 2.88. The highest BCUT2D eigenvalue weighted by atomic mass is 32.2. The van der Waals surface area contributed by atoms with Gasteiger partial charge in [-0.15, -0.1) is 16.3 Å². The number of hydrogen-bond donors (Lipinski definition) is 5. The van der Waals surface area contributed by atoms with Gasteiger partial charge >= 0.3 is 12.1 Å². The molecule has 0 aliphatic rings. The van der Waals surface area contributed by atoms with Gasteiger partial charge < -0.3 is 26.3 Å². The van der Waals surface area contributed by atoms with Crippen molar-refractivity contribution < 1.29 is 32.9 Å². The van der Waals surface area contributed by atoms with Crippen LogP contribution in [-0.4, -0.2) is 52.8 Å². The van der Waals surface area contributed by atoms with E-state index in [1.807, 2.05) is 0 Å². The molecule has 206 valence electrons. The van der Waals surface area contributed by atoms with Crippen LogP contribution < -0.4 is 26.8 Å². The summed E-state index contributed by atoms with van der Waals surface area (Å²) in [6, 6.07) is 6.95. The fourth-order valence-corrected chi connectivity index (χ4v) is 4.66. The first-order valence-electron chi connectivity index (χ1n) is 11.2. The highest BCUT2D eigenvalue weighted by molar-refractivity contribution is 7.86. The van der Waals surface area contributed by atoms with Gasteiger partial charge in [0.05, 0.1) is 17.7 Å². The fraction of sp³-hybridized carbons (Fsp3) is 0.348. The standard InChI is InChI=1S/C23H30N6O7S2/c1-23(2,3)36-22(33)28-21(25)27-17(30)10-9-15(20(32)35-4)26-19(31)18-14(11-12-37-18)29-38(34)16-8-6-5-7-13(16)24/h5-8,11-12,15,29H,9-10,24H2,1-4H3,(H,26,31)(H3,25,27,28,30,33)/t15-,38?/m0/s1. The summed E-state index contributed by atoms with van der Waals surface area (Å²) in [5.74, 6) is -2.58. The Balaban J connectivity index is 2.02. The molecule has 38 heavy (non-hydrogen) atoms. The molecule has 0 fully saturated rings.